The van der Waals surface area contributed by atoms with Crippen molar-refractivity contribution in [1.29, 1.82) is 0 Å². The van der Waals surface area contributed by atoms with E-state index in [0.717, 1.165) is 37.3 Å². The maximum absolute atomic E-state index is 12.0. The number of piperidine rings is 1. The lowest BCUT2D eigenvalue weighted by molar-refractivity contribution is -0.129. The van der Waals surface area contributed by atoms with Crippen LogP contribution in [0.4, 0.5) is 17.1 Å². The third kappa shape index (κ3) is 5.51. The molecule has 1 heterocycles. The smallest absolute Gasteiger partial charge is 0.338 e. The summed E-state index contributed by atoms with van der Waals surface area (Å²) >= 11 is 0. The predicted octanol–water partition coefficient (Wildman–Crippen LogP) is 3.54. The lowest BCUT2D eigenvalue weighted by Crippen LogP contribution is -2.36. The third-order valence-corrected chi connectivity index (χ3v) is 5.39. The van der Waals surface area contributed by atoms with Gasteiger partial charge in [-0.1, -0.05) is 12.1 Å². The van der Waals surface area contributed by atoms with Crippen LogP contribution in [0.15, 0.2) is 42.5 Å². The van der Waals surface area contributed by atoms with Gasteiger partial charge < -0.3 is 25.4 Å². The first-order chi connectivity index (χ1) is 14.5. The molecule has 0 bridgehead atoms. The van der Waals surface area contributed by atoms with E-state index >= 15 is 0 Å². The van der Waals surface area contributed by atoms with Gasteiger partial charge in [-0.15, -0.1) is 0 Å². The van der Waals surface area contributed by atoms with Crippen molar-refractivity contribution in [2.75, 3.05) is 44.5 Å². The van der Waals surface area contributed by atoms with Crippen molar-refractivity contribution in [3.8, 4) is 0 Å². The van der Waals surface area contributed by atoms with E-state index in [9.17, 15) is 9.59 Å². The van der Waals surface area contributed by atoms with Gasteiger partial charge in [-0.2, -0.15) is 0 Å². The number of likely N-dealkylation sites (tertiary alicyclic amines) is 1. The Morgan fingerprint density at radius 1 is 1.13 bits per heavy atom. The van der Waals surface area contributed by atoms with Crippen molar-refractivity contribution >= 4 is 28.9 Å². The van der Waals surface area contributed by atoms with Crippen molar-refractivity contribution in [3.05, 3.63) is 53.6 Å². The van der Waals surface area contributed by atoms with Gasteiger partial charge in [0, 0.05) is 32.8 Å². The van der Waals surface area contributed by atoms with E-state index in [1.807, 2.05) is 17.0 Å². The normalized spacial score (nSPS) is 14.4. The number of esters is 1. The van der Waals surface area contributed by atoms with Gasteiger partial charge in [0.15, 0.2) is 0 Å². The number of hydrogen-bond donors (Lipinski definition) is 2. The molecule has 0 unspecified atom stereocenters. The Morgan fingerprint density at radius 2 is 1.90 bits per heavy atom. The average Bonchev–Trinajstić information content (AvgIpc) is 2.75. The Labute approximate surface area is 177 Å². The number of amides is 1. The number of nitrogens with zero attached hydrogens (tertiary/aromatic N) is 1. The van der Waals surface area contributed by atoms with Gasteiger partial charge in [-0.3, -0.25) is 4.79 Å². The molecule has 3 rings (SSSR count). The molecule has 2 aromatic carbocycles. The van der Waals surface area contributed by atoms with Gasteiger partial charge in [0.05, 0.1) is 23.5 Å². The molecule has 1 saturated heterocycles. The number of carbonyl (C=O) groups is 2. The molecule has 0 spiro atoms. The molecule has 1 fully saturated rings. The first-order valence-electron chi connectivity index (χ1n) is 10.2. The second kappa shape index (κ2) is 10.1. The van der Waals surface area contributed by atoms with E-state index < -0.39 is 5.97 Å². The van der Waals surface area contributed by atoms with E-state index in [4.69, 9.17) is 15.2 Å². The summed E-state index contributed by atoms with van der Waals surface area (Å²) in [5.74, 6) is 0.151. The Balaban J connectivity index is 1.65. The van der Waals surface area contributed by atoms with Crippen LogP contribution >= 0.6 is 0 Å². The van der Waals surface area contributed by atoms with Crippen LogP contribution in [0.1, 0.15) is 41.6 Å². The Morgan fingerprint density at radius 3 is 2.57 bits per heavy atom. The van der Waals surface area contributed by atoms with Crippen LogP contribution in [0.3, 0.4) is 0 Å². The molecule has 0 aromatic heterocycles. The van der Waals surface area contributed by atoms with E-state index in [0.29, 0.717) is 23.8 Å². The minimum Gasteiger partial charge on any atom is -0.460 e. The van der Waals surface area contributed by atoms with Crippen molar-refractivity contribution in [2.24, 2.45) is 0 Å². The monoisotopic (exact) mass is 411 g/mol. The van der Waals surface area contributed by atoms with E-state index in [1.165, 1.54) is 5.56 Å². The summed E-state index contributed by atoms with van der Waals surface area (Å²) in [7, 11) is 1.55. The first kappa shape index (κ1) is 21.6. The summed E-state index contributed by atoms with van der Waals surface area (Å²) in [6.07, 6.45) is 1.93. The van der Waals surface area contributed by atoms with Gasteiger partial charge in [0.2, 0.25) is 5.91 Å². The molecule has 0 saturated carbocycles. The molecule has 0 aliphatic carbocycles. The molecule has 3 N–H and O–H groups in total. The zero-order chi connectivity index (χ0) is 21.5. The molecular formula is C23H29N3O4. The summed E-state index contributed by atoms with van der Waals surface area (Å²) in [5.41, 5.74) is 9.94. The largest absolute Gasteiger partial charge is 0.460 e. The van der Waals surface area contributed by atoms with Crippen LogP contribution in [0.5, 0.6) is 0 Å². The number of nitrogen functional groups attached to an aromatic ring is 1. The fraction of sp³-hybridized carbons (Fsp3) is 0.391. The molecule has 7 heteroatoms. The second-order valence-electron chi connectivity index (χ2n) is 7.46. The number of nitrogens with two attached hydrogens (primary N) is 1. The van der Waals surface area contributed by atoms with E-state index in [-0.39, 0.29) is 12.5 Å². The van der Waals surface area contributed by atoms with Gasteiger partial charge in [-0.05, 0) is 54.7 Å². The van der Waals surface area contributed by atoms with Crippen molar-refractivity contribution in [3.63, 3.8) is 0 Å². The number of anilines is 3. The quantitative estimate of drug-likeness (QED) is 0.411. The molecule has 0 radical (unpaired) electrons. The van der Waals surface area contributed by atoms with Gasteiger partial charge in [-0.25, -0.2) is 4.79 Å². The highest BCUT2D eigenvalue weighted by molar-refractivity contribution is 5.92. The topological polar surface area (TPSA) is 93.9 Å². The molecule has 160 valence electrons. The Hall–Kier alpha value is -3.06. The Kier molecular flexibility index (Phi) is 7.30. The zero-order valence-corrected chi connectivity index (χ0v) is 17.5. The average molecular weight is 412 g/mol. The predicted molar refractivity (Wildman–Crippen MR) is 117 cm³/mol. The van der Waals surface area contributed by atoms with Gasteiger partial charge in [0.25, 0.3) is 0 Å². The number of methoxy groups -OCH3 is 1. The maximum Gasteiger partial charge on any atom is 0.338 e. The first-order valence-corrected chi connectivity index (χ1v) is 10.2. The van der Waals surface area contributed by atoms with Crippen LogP contribution < -0.4 is 11.1 Å². The highest BCUT2D eigenvalue weighted by Crippen LogP contribution is 2.31. The molecule has 1 amide bonds. The van der Waals surface area contributed by atoms with Crippen molar-refractivity contribution in [2.45, 2.75) is 25.7 Å². The second-order valence-corrected chi connectivity index (χ2v) is 7.46. The molecule has 7 nitrogen and oxygen atoms in total. The summed E-state index contributed by atoms with van der Waals surface area (Å²) in [6, 6.07) is 13.3. The van der Waals surface area contributed by atoms with Crippen LogP contribution in [0.25, 0.3) is 0 Å². The van der Waals surface area contributed by atoms with Crippen LogP contribution in [0.2, 0.25) is 0 Å². The Bertz CT molecular complexity index is 892. The molecule has 1 aliphatic rings. The lowest BCUT2D eigenvalue weighted by atomic mass is 9.89. The summed E-state index contributed by atoms with van der Waals surface area (Å²) in [6.45, 7) is 3.78. The number of benzene rings is 2. The number of nitrogens with one attached hydrogen (secondary N) is 1. The van der Waals surface area contributed by atoms with Gasteiger partial charge in [0.1, 0.15) is 6.61 Å². The number of rotatable bonds is 7. The maximum atomic E-state index is 12.0. The van der Waals surface area contributed by atoms with Crippen molar-refractivity contribution < 1.29 is 19.1 Å². The zero-order valence-electron chi connectivity index (χ0n) is 17.5. The number of hydrogen-bond acceptors (Lipinski definition) is 6. The SMILES string of the molecule is COCCOC(=O)c1ccc(Nc2cccc(C3CCN(C(C)=O)CC3)c2)c(N)c1. The van der Waals surface area contributed by atoms with E-state index in [2.05, 4.69) is 17.4 Å². The summed E-state index contributed by atoms with van der Waals surface area (Å²) in [4.78, 5) is 25.5. The lowest BCUT2D eigenvalue weighted by Gasteiger charge is -2.31. The number of ether oxygens (including phenoxy) is 2. The minimum atomic E-state index is -0.427. The van der Waals surface area contributed by atoms with Crippen LogP contribution in [-0.4, -0.2) is 50.2 Å². The standard InChI is InChI=1S/C23H29N3O4/c1-16(27)26-10-8-17(9-11-26)18-4-3-5-20(14-18)25-22-7-6-19(15-21(22)24)23(28)30-13-12-29-2/h3-7,14-15,17,25H,8-13,24H2,1-2H3. The summed E-state index contributed by atoms with van der Waals surface area (Å²) < 4.78 is 10.00. The molecule has 30 heavy (non-hydrogen) atoms. The van der Waals surface area contributed by atoms with Crippen LogP contribution in [-0.2, 0) is 14.3 Å². The molecule has 1 aliphatic heterocycles. The highest BCUT2D eigenvalue weighted by atomic mass is 16.6. The fourth-order valence-electron chi connectivity index (χ4n) is 3.66. The van der Waals surface area contributed by atoms with Crippen molar-refractivity contribution in [1.82, 2.24) is 4.90 Å². The molecular weight excluding hydrogens is 382 g/mol. The molecule has 0 atom stereocenters. The number of carbonyl (C=O) groups excluding carboxylic acids is 2. The minimum absolute atomic E-state index is 0.144. The fourth-order valence-corrected chi connectivity index (χ4v) is 3.66. The molecule has 2 aromatic rings. The van der Waals surface area contributed by atoms with Gasteiger partial charge >= 0.3 is 5.97 Å². The highest BCUT2D eigenvalue weighted by Gasteiger charge is 2.22. The third-order valence-electron chi connectivity index (χ3n) is 5.39. The van der Waals surface area contributed by atoms with Crippen LogP contribution in [0, 0.1) is 0 Å². The summed E-state index contributed by atoms with van der Waals surface area (Å²) in [5, 5.41) is 3.34. The van der Waals surface area contributed by atoms with E-state index in [1.54, 1.807) is 32.2 Å².